The Kier molecular flexibility index (Phi) is 4.30. The maximum Gasteiger partial charge on any atom is 0.246 e. The Labute approximate surface area is 112 Å². The third-order valence-corrected chi connectivity index (χ3v) is 4.86. The first kappa shape index (κ1) is 14.1. The number of ether oxygens (including phenoxy) is 1. The van der Waals surface area contributed by atoms with Crippen LogP contribution in [0.3, 0.4) is 0 Å². The van der Waals surface area contributed by atoms with Crippen LogP contribution in [0, 0.1) is 5.92 Å². The molecule has 0 aromatic carbocycles. The van der Waals surface area contributed by atoms with Crippen molar-refractivity contribution in [3.63, 3.8) is 0 Å². The number of nitrogen functional groups attached to an aromatic ring is 1. The van der Waals surface area contributed by atoms with E-state index < -0.39 is 10.0 Å². The Hall–Kier alpha value is -1.29. The van der Waals surface area contributed by atoms with Crippen molar-refractivity contribution in [2.24, 2.45) is 11.8 Å². The van der Waals surface area contributed by atoms with Gasteiger partial charge >= 0.3 is 0 Å². The minimum atomic E-state index is -3.53. The van der Waals surface area contributed by atoms with Crippen LogP contribution in [0.15, 0.2) is 17.3 Å². The molecule has 0 radical (unpaired) electrons. The first-order chi connectivity index (χ1) is 9.07. The summed E-state index contributed by atoms with van der Waals surface area (Å²) in [6, 6.07) is 0. The number of methoxy groups -OCH3 is 1. The summed E-state index contributed by atoms with van der Waals surface area (Å²) in [6.45, 7) is 1.53. The fourth-order valence-electron chi connectivity index (χ4n) is 2.06. The molecule has 1 aromatic heterocycles. The fraction of sp³-hybridized carbons (Fsp3) is 0.600. The van der Waals surface area contributed by atoms with Gasteiger partial charge in [-0.05, 0) is 12.3 Å². The van der Waals surface area contributed by atoms with Crippen LogP contribution in [-0.4, -0.2) is 49.5 Å². The molecule has 0 spiro atoms. The summed E-state index contributed by atoms with van der Waals surface area (Å²) in [5.41, 5.74) is 2.25. The van der Waals surface area contributed by atoms with Gasteiger partial charge in [0.25, 0.3) is 0 Å². The quantitative estimate of drug-likeness (QED) is 0.550. The molecule has 0 amide bonds. The normalized spacial score (nSPS) is 20.6. The maximum atomic E-state index is 12.3. The Morgan fingerprint density at radius 3 is 2.79 bits per heavy atom. The predicted octanol–water partition coefficient (Wildman–Crippen LogP) is -0.581. The SMILES string of the molecule is COCC1CCN(S(=O)(=O)c2cnc(NN)nc2)C1. The minimum absolute atomic E-state index is 0.0737. The molecule has 1 aliphatic heterocycles. The number of nitrogens with zero attached hydrogens (tertiary/aromatic N) is 3. The lowest BCUT2D eigenvalue weighted by Gasteiger charge is -2.16. The highest BCUT2D eigenvalue weighted by Gasteiger charge is 2.32. The molecule has 106 valence electrons. The molecular formula is C10H17N5O3S. The van der Waals surface area contributed by atoms with E-state index in [1.54, 1.807) is 7.11 Å². The summed E-state index contributed by atoms with van der Waals surface area (Å²) in [6.07, 6.45) is 3.30. The van der Waals surface area contributed by atoms with Crippen LogP contribution >= 0.6 is 0 Å². The second-order valence-electron chi connectivity index (χ2n) is 4.36. The molecule has 0 aliphatic carbocycles. The van der Waals surface area contributed by atoms with Gasteiger partial charge in [0.1, 0.15) is 4.90 Å². The standard InChI is InChI=1S/C10H17N5O3S/c1-18-7-8-2-3-15(6-8)19(16,17)9-4-12-10(14-11)13-5-9/h4-5,8H,2-3,6-7,11H2,1H3,(H,12,13,14). The van der Waals surface area contributed by atoms with Crippen molar-refractivity contribution in [1.82, 2.24) is 14.3 Å². The monoisotopic (exact) mass is 287 g/mol. The van der Waals surface area contributed by atoms with E-state index in [-0.39, 0.29) is 16.8 Å². The van der Waals surface area contributed by atoms with Crippen molar-refractivity contribution in [3.05, 3.63) is 12.4 Å². The zero-order valence-electron chi connectivity index (χ0n) is 10.6. The van der Waals surface area contributed by atoms with Crippen molar-refractivity contribution in [1.29, 1.82) is 0 Å². The number of rotatable bonds is 5. The molecule has 1 saturated heterocycles. The van der Waals surface area contributed by atoms with Gasteiger partial charge in [-0.3, -0.25) is 5.43 Å². The van der Waals surface area contributed by atoms with E-state index in [0.717, 1.165) is 6.42 Å². The largest absolute Gasteiger partial charge is 0.384 e. The lowest BCUT2D eigenvalue weighted by atomic mass is 10.1. The van der Waals surface area contributed by atoms with Gasteiger partial charge in [0.2, 0.25) is 16.0 Å². The average Bonchev–Trinajstić information content (AvgIpc) is 2.89. The van der Waals surface area contributed by atoms with Gasteiger partial charge in [-0.1, -0.05) is 0 Å². The molecule has 3 N–H and O–H groups in total. The van der Waals surface area contributed by atoms with E-state index in [0.29, 0.717) is 19.7 Å². The van der Waals surface area contributed by atoms with Crippen LogP contribution in [0.1, 0.15) is 6.42 Å². The number of hydrazine groups is 1. The zero-order chi connectivity index (χ0) is 13.9. The number of nitrogens with two attached hydrogens (primary N) is 1. The number of sulfonamides is 1. The fourth-order valence-corrected chi connectivity index (χ4v) is 3.48. The third kappa shape index (κ3) is 3.00. The van der Waals surface area contributed by atoms with Gasteiger partial charge < -0.3 is 4.74 Å². The van der Waals surface area contributed by atoms with Gasteiger partial charge in [0.15, 0.2) is 0 Å². The highest BCUT2D eigenvalue weighted by molar-refractivity contribution is 7.89. The molecule has 8 nitrogen and oxygen atoms in total. The van der Waals surface area contributed by atoms with Gasteiger partial charge in [0.05, 0.1) is 19.0 Å². The predicted molar refractivity (Wildman–Crippen MR) is 68.6 cm³/mol. The summed E-state index contributed by atoms with van der Waals surface area (Å²) in [5.74, 6) is 5.55. The van der Waals surface area contributed by atoms with Crippen LogP contribution in [-0.2, 0) is 14.8 Å². The minimum Gasteiger partial charge on any atom is -0.384 e. The molecule has 19 heavy (non-hydrogen) atoms. The van der Waals surface area contributed by atoms with Crippen molar-refractivity contribution in [2.45, 2.75) is 11.3 Å². The smallest absolute Gasteiger partial charge is 0.246 e. The summed E-state index contributed by atoms with van der Waals surface area (Å²) >= 11 is 0. The van der Waals surface area contributed by atoms with Crippen molar-refractivity contribution in [2.75, 3.05) is 32.2 Å². The topological polar surface area (TPSA) is 110 Å². The van der Waals surface area contributed by atoms with Crippen LogP contribution in [0.5, 0.6) is 0 Å². The third-order valence-electron chi connectivity index (χ3n) is 3.05. The van der Waals surface area contributed by atoms with Crippen LogP contribution in [0.2, 0.25) is 0 Å². The van der Waals surface area contributed by atoms with Crippen LogP contribution in [0.25, 0.3) is 0 Å². The van der Waals surface area contributed by atoms with Crippen LogP contribution in [0.4, 0.5) is 5.95 Å². The lowest BCUT2D eigenvalue weighted by Crippen LogP contribution is -2.29. The first-order valence-corrected chi connectivity index (χ1v) is 7.29. The molecule has 1 aromatic rings. The van der Waals surface area contributed by atoms with Crippen molar-refractivity contribution in [3.8, 4) is 0 Å². The molecule has 0 saturated carbocycles. The van der Waals surface area contributed by atoms with Gasteiger partial charge in [0, 0.05) is 20.2 Å². The van der Waals surface area contributed by atoms with Crippen molar-refractivity contribution < 1.29 is 13.2 Å². The lowest BCUT2D eigenvalue weighted by molar-refractivity contribution is 0.157. The van der Waals surface area contributed by atoms with Gasteiger partial charge in [-0.15, -0.1) is 0 Å². The van der Waals surface area contributed by atoms with Gasteiger partial charge in [-0.2, -0.15) is 4.31 Å². The summed E-state index contributed by atoms with van der Waals surface area (Å²) in [5, 5.41) is 0. The molecule has 1 aliphatic rings. The summed E-state index contributed by atoms with van der Waals surface area (Å²) < 4.78 is 31.2. The van der Waals surface area contributed by atoms with E-state index >= 15 is 0 Å². The zero-order valence-corrected chi connectivity index (χ0v) is 11.4. The molecule has 2 rings (SSSR count). The summed E-state index contributed by atoms with van der Waals surface area (Å²) in [4.78, 5) is 7.70. The Morgan fingerprint density at radius 1 is 1.53 bits per heavy atom. The highest BCUT2D eigenvalue weighted by atomic mass is 32.2. The summed E-state index contributed by atoms with van der Waals surface area (Å²) in [7, 11) is -1.92. The Bertz CT molecular complexity index is 518. The molecule has 1 fully saturated rings. The highest BCUT2D eigenvalue weighted by Crippen LogP contribution is 2.23. The number of anilines is 1. The number of hydrogen-bond acceptors (Lipinski definition) is 7. The van der Waals surface area contributed by atoms with E-state index in [9.17, 15) is 8.42 Å². The maximum absolute atomic E-state index is 12.3. The molecule has 0 bridgehead atoms. The number of nitrogens with one attached hydrogen (secondary N) is 1. The van der Waals surface area contributed by atoms with Crippen LogP contribution < -0.4 is 11.3 Å². The second kappa shape index (κ2) is 5.78. The van der Waals surface area contributed by atoms with Gasteiger partial charge in [-0.25, -0.2) is 24.2 Å². The Morgan fingerprint density at radius 2 is 2.21 bits per heavy atom. The Balaban J connectivity index is 2.13. The molecule has 2 heterocycles. The van der Waals surface area contributed by atoms with E-state index in [1.807, 2.05) is 0 Å². The average molecular weight is 287 g/mol. The number of aromatic nitrogens is 2. The molecule has 1 atom stereocenters. The second-order valence-corrected chi connectivity index (χ2v) is 6.30. The molecule has 1 unspecified atom stereocenters. The van der Waals surface area contributed by atoms with E-state index in [2.05, 4.69) is 15.4 Å². The molecule has 9 heteroatoms. The molecular weight excluding hydrogens is 270 g/mol. The number of hydrogen-bond donors (Lipinski definition) is 2. The van der Waals surface area contributed by atoms with E-state index in [4.69, 9.17) is 10.6 Å². The van der Waals surface area contributed by atoms with E-state index in [1.165, 1.54) is 16.7 Å². The van der Waals surface area contributed by atoms with Crippen molar-refractivity contribution >= 4 is 16.0 Å². The first-order valence-electron chi connectivity index (χ1n) is 5.85.